The molecule has 0 aromatic heterocycles. The van der Waals surface area contributed by atoms with Gasteiger partial charge < -0.3 is 5.11 Å². The molecule has 1 aromatic carbocycles. The number of hydrogen-bond acceptors (Lipinski definition) is 5. The molecule has 0 bridgehead atoms. The Kier molecular flexibility index (Phi) is 6.36. The molecule has 140 valence electrons. The van der Waals surface area contributed by atoms with Gasteiger partial charge in [0.05, 0.1) is 17.7 Å². The Bertz CT molecular complexity index is 720. The van der Waals surface area contributed by atoms with Gasteiger partial charge in [-0.3, -0.25) is 9.59 Å². The van der Waals surface area contributed by atoms with E-state index in [1.807, 2.05) is 0 Å². The molecule has 1 aliphatic heterocycles. The van der Waals surface area contributed by atoms with Crippen molar-refractivity contribution < 1.29 is 28.8 Å². The van der Waals surface area contributed by atoms with Crippen LogP contribution in [0.15, 0.2) is 30.3 Å². The first kappa shape index (κ1) is 20.3. The Morgan fingerprint density at radius 2 is 1.81 bits per heavy atom. The number of nitrogens with zero attached hydrogens (tertiary/aromatic N) is 1. The number of Topliss-reactive ketones (excluding diaryl/α,β-unsaturated/α-hetero) is 1. The van der Waals surface area contributed by atoms with Crippen LogP contribution in [-0.4, -0.2) is 50.3 Å². The first-order valence-electron chi connectivity index (χ1n) is 8.64. The normalized spacial score (nSPS) is 24.7. The number of likely N-dealkylation sites (tertiary alicyclic amines) is 1. The van der Waals surface area contributed by atoms with Crippen molar-refractivity contribution in [2.45, 2.75) is 44.9 Å². The molecule has 0 aliphatic carbocycles. The minimum atomic E-state index is -1.19. The van der Waals surface area contributed by atoms with Gasteiger partial charge in [0.1, 0.15) is 6.04 Å². The molecular weight excluding hydrogens is 354 g/mol. The van der Waals surface area contributed by atoms with E-state index in [1.165, 1.54) is 6.92 Å². The van der Waals surface area contributed by atoms with E-state index in [9.17, 15) is 24.3 Å². The van der Waals surface area contributed by atoms with Crippen LogP contribution in [0, 0.1) is 5.92 Å². The summed E-state index contributed by atoms with van der Waals surface area (Å²) in [5.74, 6) is -1.74. The highest BCUT2D eigenvalue weighted by Gasteiger charge is 2.56. The quantitative estimate of drug-likeness (QED) is 0.624. The van der Waals surface area contributed by atoms with Crippen LogP contribution in [0.5, 0.6) is 0 Å². The Morgan fingerprint density at radius 1 is 1.19 bits per heavy atom. The van der Waals surface area contributed by atoms with Crippen molar-refractivity contribution in [1.29, 1.82) is 0 Å². The molecule has 26 heavy (non-hydrogen) atoms. The van der Waals surface area contributed by atoms with Crippen LogP contribution in [-0.2, 0) is 9.59 Å². The smallest absolute Gasteiger partial charge is 0.435 e. The predicted molar refractivity (Wildman–Crippen MR) is 98.9 cm³/mol. The van der Waals surface area contributed by atoms with E-state index >= 15 is 0 Å². The monoisotopic (exact) mass is 378 g/mol. The van der Waals surface area contributed by atoms with E-state index in [0.29, 0.717) is 18.4 Å². The lowest BCUT2D eigenvalue weighted by molar-refractivity contribution is -0.794. The first-order chi connectivity index (χ1) is 12.2. The molecule has 1 heterocycles. The summed E-state index contributed by atoms with van der Waals surface area (Å²) in [6.45, 7) is 4.86. The van der Waals surface area contributed by atoms with Crippen LogP contribution in [0.2, 0.25) is 0 Å². The molecule has 0 spiro atoms. The number of imide groups is 1. The highest BCUT2D eigenvalue weighted by atomic mass is 32.2. The summed E-state index contributed by atoms with van der Waals surface area (Å²) in [6.07, 6.45) is 0.0935. The maximum atomic E-state index is 13.2. The number of carboxylic acid groups (broad SMARTS) is 1. The summed E-state index contributed by atoms with van der Waals surface area (Å²) in [7, 11) is 0. The Hall–Kier alpha value is -1.99. The molecule has 7 heteroatoms. The van der Waals surface area contributed by atoms with Gasteiger partial charge in [0, 0.05) is 25.3 Å². The summed E-state index contributed by atoms with van der Waals surface area (Å²) < 4.78 is -0.668. The molecule has 1 aliphatic rings. The topological polar surface area (TPSA) is 88.5 Å². The molecule has 0 radical (unpaired) electrons. The second-order valence-electron chi connectivity index (χ2n) is 6.75. The number of amides is 2. The Morgan fingerprint density at radius 3 is 2.27 bits per heavy atom. The van der Waals surface area contributed by atoms with Crippen LogP contribution in [0.1, 0.15) is 44.0 Å². The van der Waals surface area contributed by atoms with Gasteiger partial charge in [-0.2, -0.15) is 9.28 Å². The average molecular weight is 378 g/mol. The highest BCUT2D eigenvalue weighted by molar-refractivity contribution is 8.14. The predicted octanol–water partition coefficient (Wildman–Crippen LogP) is 3.36. The van der Waals surface area contributed by atoms with Crippen LogP contribution in [0.4, 0.5) is 4.79 Å². The van der Waals surface area contributed by atoms with Crippen molar-refractivity contribution in [2.24, 2.45) is 5.92 Å². The van der Waals surface area contributed by atoms with E-state index in [1.54, 1.807) is 44.2 Å². The van der Waals surface area contributed by atoms with Gasteiger partial charge in [-0.1, -0.05) is 42.1 Å². The van der Waals surface area contributed by atoms with E-state index in [0.717, 1.165) is 11.8 Å². The van der Waals surface area contributed by atoms with Gasteiger partial charge in [0.25, 0.3) is 0 Å². The molecule has 4 atom stereocenters. The number of quaternary nitrogens is 1. The van der Waals surface area contributed by atoms with Gasteiger partial charge in [0.2, 0.25) is 0 Å². The fourth-order valence-corrected chi connectivity index (χ4v) is 4.52. The zero-order valence-corrected chi connectivity index (χ0v) is 16.0. The van der Waals surface area contributed by atoms with E-state index in [-0.39, 0.29) is 23.5 Å². The molecular formula is C19H24NO5S+. The molecule has 1 saturated heterocycles. The molecule has 0 saturated carbocycles. The third-order valence-electron chi connectivity index (χ3n) is 5.07. The maximum absolute atomic E-state index is 13.2. The van der Waals surface area contributed by atoms with Crippen LogP contribution < -0.4 is 0 Å². The minimum absolute atomic E-state index is 0.219. The molecule has 1 fully saturated rings. The summed E-state index contributed by atoms with van der Waals surface area (Å²) in [5, 5.41) is 8.54. The van der Waals surface area contributed by atoms with Gasteiger partial charge in [-0.15, -0.1) is 0 Å². The number of carbonyl (C=O) groups excluding carboxylic acids is 3. The van der Waals surface area contributed by atoms with Crippen LogP contribution in [0.3, 0.4) is 0 Å². The minimum Gasteiger partial charge on any atom is -0.435 e. The van der Waals surface area contributed by atoms with Crippen molar-refractivity contribution in [1.82, 2.24) is 0 Å². The average Bonchev–Trinajstić information content (AvgIpc) is 3.01. The second-order valence-corrected chi connectivity index (χ2v) is 8.07. The van der Waals surface area contributed by atoms with Crippen LogP contribution >= 0.6 is 11.8 Å². The number of rotatable bonds is 5. The van der Waals surface area contributed by atoms with Crippen LogP contribution in [0.25, 0.3) is 0 Å². The summed E-state index contributed by atoms with van der Waals surface area (Å²) in [4.78, 5) is 49.8. The van der Waals surface area contributed by atoms with Gasteiger partial charge >= 0.3 is 12.0 Å². The largest absolute Gasteiger partial charge is 0.521 e. The standard InChI is InChI=1S/C19H23NO5S/c1-12-8-7-11-20(12,19(24)25)18(23)13(2)17(26-14(3)21)16(22)15-9-5-4-6-10-15/h4-6,9-10,12-13,17H,7-8,11H2,1-3H3/p+1/t12?,13?,17-,20+/m0/s1. The third kappa shape index (κ3) is 3.73. The lowest BCUT2D eigenvalue weighted by Gasteiger charge is -2.33. The summed E-state index contributed by atoms with van der Waals surface area (Å²) in [6, 6.07) is 8.11. The number of thioether (sulfide) groups is 1. The van der Waals surface area contributed by atoms with Crippen molar-refractivity contribution in [3.05, 3.63) is 35.9 Å². The van der Waals surface area contributed by atoms with Crippen molar-refractivity contribution in [3.63, 3.8) is 0 Å². The fraction of sp³-hybridized carbons (Fsp3) is 0.474. The second kappa shape index (κ2) is 8.14. The molecule has 1 aromatic rings. The number of benzene rings is 1. The van der Waals surface area contributed by atoms with Gasteiger partial charge in [0.15, 0.2) is 10.9 Å². The van der Waals surface area contributed by atoms with E-state index in [2.05, 4.69) is 0 Å². The fourth-order valence-electron chi connectivity index (χ4n) is 3.60. The molecule has 2 unspecified atom stereocenters. The number of carbonyl (C=O) groups is 4. The Balaban J connectivity index is 2.38. The third-order valence-corrected chi connectivity index (χ3v) is 6.28. The molecule has 2 rings (SSSR count). The first-order valence-corrected chi connectivity index (χ1v) is 9.52. The van der Waals surface area contributed by atoms with Crippen molar-refractivity contribution in [2.75, 3.05) is 6.54 Å². The maximum Gasteiger partial charge on any atom is 0.521 e. The lowest BCUT2D eigenvalue weighted by atomic mass is 9.96. The van der Waals surface area contributed by atoms with Gasteiger partial charge in [-0.05, 0) is 13.8 Å². The summed E-state index contributed by atoms with van der Waals surface area (Å²) in [5.41, 5.74) is 0.405. The molecule has 2 amide bonds. The van der Waals surface area contributed by atoms with Crippen molar-refractivity contribution >= 4 is 34.7 Å². The lowest BCUT2D eigenvalue weighted by Crippen LogP contribution is -2.61. The zero-order chi connectivity index (χ0) is 19.5. The molecule has 6 nitrogen and oxygen atoms in total. The van der Waals surface area contributed by atoms with Crippen molar-refractivity contribution in [3.8, 4) is 0 Å². The molecule has 1 N–H and O–H groups in total. The van der Waals surface area contributed by atoms with Gasteiger partial charge in [-0.25, -0.2) is 4.79 Å². The number of hydrogen-bond donors (Lipinski definition) is 1. The van der Waals surface area contributed by atoms with E-state index < -0.39 is 27.7 Å². The highest BCUT2D eigenvalue weighted by Crippen LogP contribution is 2.34. The summed E-state index contributed by atoms with van der Waals surface area (Å²) >= 11 is 0.797. The van der Waals surface area contributed by atoms with E-state index in [4.69, 9.17) is 0 Å². The zero-order valence-electron chi connectivity index (χ0n) is 15.2. The number of ketones is 1. The SMILES string of the molecule is CC(=O)S[C@H](C(=O)c1ccccc1)C(C)C(=O)[N@@+]1(C(=O)O)CCCC1C. The Labute approximate surface area is 157 Å².